The summed E-state index contributed by atoms with van der Waals surface area (Å²) in [6.45, 7) is 2.30. The van der Waals surface area contributed by atoms with Gasteiger partial charge in [-0.2, -0.15) is 5.26 Å². The fourth-order valence-corrected chi connectivity index (χ4v) is 1.08. The Bertz CT molecular complexity index is 357. The lowest BCUT2D eigenvalue weighted by molar-refractivity contribution is 0.624. The van der Waals surface area contributed by atoms with E-state index in [0.717, 1.165) is 0 Å². The Morgan fingerprint density at radius 2 is 2.36 bits per heavy atom. The van der Waals surface area contributed by atoms with E-state index in [2.05, 4.69) is 5.32 Å². The zero-order valence-electron chi connectivity index (χ0n) is 7.92. The Morgan fingerprint density at radius 3 is 2.93 bits per heavy atom. The van der Waals surface area contributed by atoms with Crippen LogP contribution in [-0.2, 0) is 0 Å². The smallest absolute Gasteiger partial charge is 0.143 e. The molecule has 0 aliphatic heterocycles. The average Bonchev–Trinajstić information content (AvgIpc) is 2.18. The van der Waals surface area contributed by atoms with Crippen LogP contribution < -0.4 is 11.1 Å². The molecule has 0 spiro atoms. The van der Waals surface area contributed by atoms with E-state index in [1.807, 2.05) is 13.0 Å². The molecular weight excluding hydrogens is 181 g/mol. The molecule has 0 heterocycles. The minimum Gasteiger partial charge on any atom is -0.380 e. The highest BCUT2D eigenvalue weighted by atomic mass is 19.1. The van der Waals surface area contributed by atoms with Gasteiger partial charge in [0.1, 0.15) is 17.4 Å². The highest BCUT2D eigenvalue weighted by molar-refractivity contribution is 5.58. The lowest BCUT2D eigenvalue weighted by atomic mass is 10.1. The van der Waals surface area contributed by atoms with Crippen LogP contribution in [0.4, 0.5) is 10.1 Å². The SMILES string of the molecule is CC(CN)Nc1cccc(F)c1C#N. The predicted molar refractivity (Wildman–Crippen MR) is 53.3 cm³/mol. The third-order valence-corrected chi connectivity index (χ3v) is 1.88. The lowest BCUT2D eigenvalue weighted by Crippen LogP contribution is -2.25. The zero-order valence-corrected chi connectivity index (χ0v) is 7.92. The molecule has 1 aromatic carbocycles. The summed E-state index contributed by atoms with van der Waals surface area (Å²) in [4.78, 5) is 0. The van der Waals surface area contributed by atoms with Crippen molar-refractivity contribution in [2.45, 2.75) is 13.0 Å². The largest absolute Gasteiger partial charge is 0.380 e. The fraction of sp³-hybridized carbons (Fsp3) is 0.300. The molecule has 0 aromatic heterocycles. The molecular formula is C10H12FN3. The number of nitrogens with one attached hydrogen (secondary N) is 1. The monoisotopic (exact) mass is 193 g/mol. The van der Waals surface area contributed by atoms with Gasteiger partial charge in [-0.25, -0.2) is 4.39 Å². The summed E-state index contributed by atoms with van der Waals surface area (Å²) in [5.74, 6) is -0.512. The molecule has 1 aromatic rings. The number of hydrogen-bond acceptors (Lipinski definition) is 3. The van der Waals surface area contributed by atoms with Crippen molar-refractivity contribution < 1.29 is 4.39 Å². The van der Waals surface area contributed by atoms with Gasteiger partial charge in [-0.15, -0.1) is 0 Å². The highest BCUT2D eigenvalue weighted by Gasteiger charge is 2.08. The van der Waals surface area contributed by atoms with Crippen LogP contribution in [0.5, 0.6) is 0 Å². The molecule has 4 heteroatoms. The number of halogens is 1. The van der Waals surface area contributed by atoms with Crippen molar-refractivity contribution in [1.29, 1.82) is 5.26 Å². The summed E-state index contributed by atoms with van der Waals surface area (Å²) in [6, 6.07) is 6.31. The third-order valence-electron chi connectivity index (χ3n) is 1.88. The Hall–Kier alpha value is -1.60. The molecule has 0 saturated heterocycles. The zero-order chi connectivity index (χ0) is 10.6. The van der Waals surface area contributed by atoms with Crippen LogP contribution in [0, 0.1) is 17.1 Å². The Morgan fingerprint density at radius 1 is 1.64 bits per heavy atom. The first-order valence-electron chi connectivity index (χ1n) is 4.34. The Balaban J connectivity index is 2.98. The van der Waals surface area contributed by atoms with Crippen molar-refractivity contribution in [2.24, 2.45) is 5.73 Å². The second kappa shape index (κ2) is 4.58. The predicted octanol–water partition coefficient (Wildman–Crippen LogP) is 1.46. The number of hydrogen-bond donors (Lipinski definition) is 2. The maximum Gasteiger partial charge on any atom is 0.143 e. The summed E-state index contributed by atoms with van der Waals surface area (Å²) >= 11 is 0. The molecule has 1 rings (SSSR count). The van der Waals surface area contributed by atoms with Gasteiger partial charge in [-0.3, -0.25) is 0 Å². The number of nitrogens with zero attached hydrogens (tertiary/aromatic N) is 1. The van der Waals surface area contributed by atoms with Crippen LogP contribution in [0.3, 0.4) is 0 Å². The molecule has 3 nitrogen and oxygen atoms in total. The molecule has 0 saturated carbocycles. The van der Waals surface area contributed by atoms with Gasteiger partial charge in [-0.05, 0) is 19.1 Å². The second-order valence-electron chi connectivity index (χ2n) is 3.06. The van der Waals surface area contributed by atoms with E-state index in [9.17, 15) is 4.39 Å². The van der Waals surface area contributed by atoms with Crippen LogP contribution in [0.1, 0.15) is 12.5 Å². The molecule has 1 unspecified atom stereocenters. The van der Waals surface area contributed by atoms with Crippen LogP contribution in [0.25, 0.3) is 0 Å². The lowest BCUT2D eigenvalue weighted by Gasteiger charge is -2.13. The first-order chi connectivity index (χ1) is 6.69. The van der Waals surface area contributed by atoms with E-state index >= 15 is 0 Å². The van der Waals surface area contributed by atoms with Gasteiger partial charge in [0.15, 0.2) is 0 Å². The van der Waals surface area contributed by atoms with E-state index in [1.165, 1.54) is 6.07 Å². The van der Waals surface area contributed by atoms with Crippen molar-refractivity contribution in [3.05, 3.63) is 29.6 Å². The summed E-state index contributed by atoms with van der Waals surface area (Å²) in [5.41, 5.74) is 5.94. The average molecular weight is 193 g/mol. The number of nitrogens with two attached hydrogens (primary N) is 1. The van der Waals surface area contributed by atoms with Crippen LogP contribution >= 0.6 is 0 Å². The molecule has 0 radical (unpaired) electrons. The van der Waals surface area contributed by atoms with Gasteiger partial charge in [0.2, 0.25) is 0 Å². The molecule has 0 amide bonds. The topological polar surface area (TPSA) is 61.8 Å². The summed E-state index contributed by atoms with van der Waals surface area (Å²) in [6.07, 6.45) is 0. The van der Waals surface area contributed by atoms with Crippen molar-refractivity contribution in [3.8, 4) is 6.07 Å². The summed E-state index contributed by atoms with van der Waals surface area (Å²) < 4.78 is 13.1. The van der Waals surface area contributed by atoms with Crippen LogP contribution in [0.2, 0.25) is 0 Å². The number of rotatable bonds is 3. The van der Waals surface area contributed by atoms with Gasteiger partial charge in [-0.1, -0.05) is 6.07 Å². The molecule has 1 atom stereocenters. The van der Waals surface area contributed by atoms with E-state index in [4.69, 9.17) is 11.0 Å². The minimum atomic E-state index is -0.512. The maximum absolute atomic E-state index is 13.1. The number of nitriles is 1. The molecule has 0 aliphatic carbocycles. The highest BCUT2D eigenvalue weighted by Crippen LogP contribution is 2.18. The summed E-state index contributed by atoms with van der Waals surface area (Å²) in [7, 11) is 0. The van der Waals surface area contributed by atoms with Gasteiger partial charge >= 0.3 is 0 Å². The van der Waals surface area contributed by atoms with Gasteiger partial charge in [0.25, 0.3) is 0 Å². The first kappa shape index (κ1) is 10.5. The summed E-state index contributed by atoms with van der Waals surface area (Å²) in [5, 5.41) is 11.7. The van der Waals surface area contributed by atoms with Gasteiger partial charge < -0.3 is 11.1 Å². The van der Waals surface area contributed by atoms with Crippen molar-refractivity contribution in [2.75, 3.05) is 11.9 Å². The van der Waals surface area contributed by atoms with Crippen molar-refractivity contribution in [3.63, 3.8) is 0 Å². The fourth-order valence-electron chi connectivity index (χ4n) is 1.08. The standard InChI is InChI=1S/C10H12FN3/c1-7(5-12)14-10-4-2-3-9(11)8(10)6-13/h2-4,7,14H,5,12H2,1H3. The maximum atomic E-state index is 13.1. The van der Waals surface area contributed by atoms with E-state index in [-0.39, 0.29) is 11.6 Å². The molecule has 0 aliphatic rings. The minimum absolute atomic E-state index is 0.0175. The Labute approximate surface area is 82.3 Å². The molecule has 0 fully saturated rings. The normalized spacial score (nSPS) is 11.9. The van der Waals surface area contributed by atoms with E-state index in [1.54, 1.807) is 12.1 Å². The van der Waals surface area contributed by atoms with Crippen molar-refractivity contribution >= 4 is 5.69 Å². The van der Waals surface area contributed by atoms with Crippen molar-refractivity contribution in [1.82, 2.24) is 0 Å². The van der Waals surface area contributed by atoms with Gasteiger partial charge in [0.05, 0.1) is 5.69 Å². The molecule has 0 bridgehead atoms. The van der Waals surface area contributed by atoms with Gasteiger partial charge in [0, 0.05) is 12.6 Å². The van der Waals surface area contributed by atoms with Crippen LogP contribution in [0.15, 0.2) is 18.2 Å². The first-order valence-corrected chi connectivity index (χ1v) is 4.34. The number of anilines is 1. The third kappa shape index (κ3) is 2.21. The second-order valence-corrected chi connectivity index (χ2v) is 3.06. The Kier molecular flexibility index (Phi) is 3.43. The van der Waals surface area contributed by atoms with Crippen LogP contribution in [-0.4, -0.2) is 12.6 Å². The van der Waals surface area contributed by atoms with E-state index in [0.29, 0.717) is 12.2 Å². The molecule has 14 heavy (non-hydrogen) atoms. The molecule has 3 N–H and O–H groups in total. The number of benzene rings is 1. The quantitative estimate of drug-likeness (QED) is 0.763. The van der Waals surface area contributed by atoms with E-state index < -0.39 is 5.82 Å². The molecule has 74 valence electrons.